The number of benzene rings is 1. The minimum atomic E-state index is -0.296. The third-order valence-corrected chi connectivity index (χ3v) is 2.44. The molecule has 1 atom stereocenters. The van der Waals surface area contributed by atoms with Gasteiger partial charge in [0.05, 0.1) is 12.0 Å². The molecule has 0 bridgehead atoms. The van der Waals surface area contributed by atoms with Gasteiger partial charge < -0.3 is 10.1 Å². The number of hydrogen-bond donors (Lipinski definition) is 1. The zero-order valence-electron chi connectivity index (χ0n) is 11.0. The van der Waals surface area contributed by atoms with E-state index < -0.39 is 0 Å². The van der Waals surface area contributed by atoms with Crippen molar-refractivity contribution < 1.29 is 14.3 Å². The van der Waals surface area contributed by atoms with Gasteiger partial charge in [-0.15, -0.1) is 0 Å². The van der Waals surface area contributed by atoms with Crippen molar-refractivity contribution in [1.82, 2.24) is 5.32 Å². The number of amides is 1. The van der Waals surface area contributed by atoms with Gasteiger partial charge in [0.15, 0.2) is 12.4 Å². The van der Waals surface area contributed by atoms with E-state index in [1.807, 2.05) is 6.07 Å². The van der Waals surface area contributed by atoms with E-state index in [-0.39, 0.29) is 24.2 Å². The van der Waals surface area contributed by atoms with Gasteiger partial charge in [0.25, 0.3) is 5.91 Å². The highest BCUT2D eigenvalue weighted by atomic mass is 16.5. The number of rotatable bonds is 6. The zero-order chi connectivity index (χ0) is 14.3. The molecule has 0 saturated carbocycles. The first kappa shape index (κ1) is 14.7. The molecule has 0 saturated heterocycles. The maximum atomic E-state index is 11.4. The van der Waals surface area contributed by atoms with Crippen molar-refractivity contribution in [3.63, 3.8) is 0 Å². The summed E-state index contributed by atoms with van der Waals surface area (Å²) in [6.45, 7) is 3.35. The summed E-state index contributed by atoms with van der Waals surface area (Å²) in [5.74, 6) is -0.116. The highest BCUT2D eigenvalue weighted by Gasteiger charge is 2.06. The van der Waals surface area contributed by atoms with Gasteiger partial charge in [-0.1, -0.05) is 12.1 Å². The van der Waals surface area contributed by atoms with E-state index in [2.05, 4.69) is 5.32 Å². The summed E-state index contributed by atoms with van der Waals surface area (Å²) in [6.07, 6.45) is 0. The number of nitrogens with one attached hydrogen (secondary N) is 1. The summed E-state index contributed by atoms with van der Waals surface area (Å²) < 4.78 is 5.28. The average Bonchev–Trinajstić information content (AvgIpc) is 2.42. The van der Waals surface area contributed by atoms with Gasteiger partial charge in [0.1, 0.15) is 5.75 Å². The second-order valence-corrected chi connectivity index (χ2v) is 4.21. The van der Waals surface area contributed by atoms with Crippen LogP contribution in [-0.4, -0.2) is 24.8 Å². The Balaban J connectivity index is 2.44. The van der Waals surface area contributed by atoms with Gasteiger partial charge >= 0.3 is 0 Å². The lowest BCUT2D eigenvalue weighted by atomic mass is 10.1. The molecule has 0 aromatic heterocycles. The molecule has 1 unspecified atom stereocenters. The molecule has 0 heterocycles. The number of nitriles is 1. The molecule has 1 aromatic carbocycles. The van der Waals surface area contributed by atoms with Crippen LogP contribution in [-0.2, 0) is 4.79 Å². The topological polar surface area (TPSA) is 79.2 Å². The van der Waals surface area contributed by atoms with Gasteiger partial charge in [-0.3, -0.25) is 9.59 Å². The minimum absolute atomic E-state index is 0.0576. The Kier molecular flexibility index (Phi) is 5.55. The van der Waals surface area contributed by atoms with Gasteiger partial charge in [-0.25, -0.2) is 0 Å². The predicted molar refractivity (Wildman–Crippen MR) is 69.7 cm³/mol. The molecular weight excluding hydrogens is 244 g/mol. The predicted octanol–water partition coefficient (Wildman–Crippen LogP) is 1.54. The van der Waals surface area contributed by atoms with E-state index in [9.17, 15) is 9.59 Å². The van der Waals surface area contributed by atoms with Crippen LogP contribution in [0.1, 0.15) is 24.2 Å². The van der Waals surface area contributed by atoms with Crippen molar-refractivity contribution in [3.8, 4) is 11.8 Å². The third kappa shape index (κ3) is 5.21. The van der Waals surface area contributed by atoms with Crippen LogP contribution >= 0.6 is 0 Å². The highest BCUT2D eigenvalue weighted by Crippen LogP contribution is 2.13. The molecular formula is C14H16N2O3. The Morgan fingerprint density at radius 1 is 1.47 bits per heavy atom. The normalized spacial score (nSPS) is 11.2. The van der Waals surface area contributed by atoms with Crippen LogP contribution in [0.15, 0.2) is 24.3 Å². The van der Waals surface area contributed by atoms with Crippen LogP contribution in [0, 0.1) is 17.2 Å². The molecule has 0 aliphatic heterocycles. The number of carbonyl (C=O) groups excluding carboxylic acids is 2. The lowest BCUT2D eigenvalue weighted by Crippen LogP contribution is -2.32. The molecule has 1 amide bonds. The molecule has 100 valence electrons. The van der Waals surface area contributed by atoms with Crippen LogP contribution in [0.4, 0.5) is 0 Å². The molecule has 1 aromatic rings. The lowest BCUT2D eigenvalue weighted by molar-refractivity contribution is -0.123. The number of carbonyl (C=O) groups is 2. The molecule has 5 nitrogen and oxygen atoms in total. The maximum absolute atomic E-state index is 11.4. The van der Waals surface area contributed by atoms with Crippen molar-refractivity contribution in [3.05, 3.63) is 29.8 Å². The Labute approximate surface area is 112 Å². The quantitative estimate of drug-likeness (QED) is 0.787. The molecule has 0 aliphatic carbocycles. The Morgan fingerprint density at radius 2 is 2.21 bits per heavy atom. The molecule has 5 heteroatoms. The first-order valence-electron chi connectivity index (χ1n) is 5.93. The maximum Gasteiger partial charge on any atom is 0.257 e. The van der Waals surface area contributed by atoms with E-state index in [4.69, 9.17) is 10.00 Å². The summed E-state index contributed by atoms with van der Waals surface area (Å²) in [7, 11) is 0. The Morgan fingerprint density at radius 3 is 2.84 bits per heavy atom. The van der Waals surface area contributed by atoms with E-state index in [1.54, 1.807) is 31.2 Å². The van der Waals surface area contributed by atoms with E-state index in [0.29, 0.717) is 17.9 Å². The zero-order valence-corrected chi connectivity index (χ0v) is 11.0. The van der Waals surface area contributed by atoms with Crippen LogP contribution in [0.5, 0.6) is 5.75 Å². The fourth-order valence-electron chi connectivity index (χ4n) is 1.32. The summed E-state index contributed by atoms with van der Waals surface area (Å²) in [5.41, 5.74) is 0.538. The average molecular weight is 260 g/mol. The first-order valence-corrected chi connectivity index (χ1v) is 5.93. The SMILES string of the molecule is CC(=O)c1cccc(OCC(=O)NCC(C)C#N)c1. The summed E-state index contributed by atoms with van der Waals surface area (Å²) in [6, 6.07) is 8.67. The summed E-state index contributed by atoms with van der Waals surface area (Å²) >= 11 is 0. The third-order valence-electron chi connectivity index (χ3n) is 2.44. The molecule has 1 N–H and O–H groups in total. The van der Waals surface area contributed by atoms with E-state index in [1.165, 1.54) is 6.92 Å². The second-order valence-electron chi connectivity index (χ2n) is 4.21. The fourth-order valence-corrected chi connectivity index (χ4v) is 1.32. The Hall–Kier alpha value is -2.35. The van der Waals surface area contributed by atoms with Crippen molar-refractivity contribution >= 4 is 11.7 Å². The first-order chi connectivity index (χ1) is 9.02. The monoisotopic (exact) mass is 260 g/mol. The molecule has 0 spiro atoms. The minimum Gasteiger partial charge on any atom is -0.484 e. The van der Waals surface area contributed by atoms with Gasteiger partial charge in [0.2, 0.25) is 0 Å². The van der Waals surface area contributed by atoms with Crippen LogP contribution in [0.2, 0.25) is 0 Å². The van der Waals surface area contributed by atoms with E-state index >= 15 is 0 Å². The van der Waals surface area contributed by atoms with Crippen molar-refractivity contribution in [2.75, 3.05) is 13.2 Å². The number of Topliss-reactive ketones (excluding diaryl/α,β-unsaturated/α-hetero) is 1. The smallest absolute Gasteiger partial charge is 0.257 e. The number of hydrogen-bond acceptors (Lipinski definition) is 4. The van der Waals surface area contributed by atoms with Crippen molar-refractivity contribution in [2.24, 2.45) is 5.92 Å². The summed E-state index contributed by atoms with van der Waals surface area (Å²) in [4.78, 5) is 22.6. The Bertz CT molecular complexity index is 506. The molecule has 0 radical (unpaired) electrons. The van der Waals surface area contributed by atoms with Crippen LogP contribution in [0.3, 0.4) is 0 Å². The molecule has 1 rings (SSSR count). The number of ether oxygens (including phenoxy) is 1. The highest BCUT2D eigenvalue weighted by molar-refractivity contribution is 5.94. The number of nitrogens with zero attached hydrogens (tertiary/aromatic N) is 1. The van der Waals surface area contributed by atoms with Crippen LogP contribution < -0.4 is 10.1 Å². The molecule has 0 aliphatic rings. The second kappa shape index (κ2) is 7.17. The summed E-state index contributed by atoms with van der Waals surface area (Å²) in [5, 5.41) is 11.2. The van der Waals surface area contributed by atoms with Gasteiger partial charge in [-0.05, 0) is 26.0 Å². The lowest BCUT2D eigenvalue weighted by Gasteiger charge is -2.08. The molecule has 19 heavy (non-hydrogen) atoms. The standard InChI is InChI=1S/C14H16N2O3/c1-10(7-15)8-16-14(18)9-19-13-5-3-4-12(6-13)11(2)17/h3-6,10H,8-9H2,1-2H3,(H,16,18). The number of ketones is 1. The molecule has 0 fully saturated rings. The van der Waals surface area contributed by atoms with Crippen LogP contribution in [0.25, 0.3) is 0 Å². The van der Waals surface area contributed by atoms with Gasteiger partial charge in [0, 0.05) is 12.1 Å². The van der Waals surface area contributed by atoms with Crippen molar-refractivity contribution in [2.45, 2.75) is 13.8 Å². The van der Waals surface area contributed by atoms with E-state index in [0.717, 1.165) is 0 Å². The van der Waals surface area contributed by atoms with Gasteiger partial charge in [-0.2, -0.15) is 5.26 Å². The largest absolute Gasteiger partial charge is 0.484 e. The van der Waals surface area contributed by atoms with Crippen molar-refractivity contribution in [1.29, 1.82) is 5.26 Å². The fraction of sp³-hybridized carbons (Fsp3) is 0.357.